The fraction of sp³-hybridized carbons (Fsp3) is 0.192. The van der Waals surface area contributed by atoms with Crippen LogP contribution in [0.25, 0.3) is 22.1 Å². The summed E-state index contributed by atoms with van der Waals surface area (Å²) < 4.78 is 20.5. The van der Waals surface area contributed by atoms with E-state index in [9.17, 15) is 9.18 Å². The summed E-state index contributed by atoms with van der Waals surface area (Å²) in [6, 6.07) is 22.5. The third kappa shape index (κ3) is 3.44. The summed E-state index contributed by atoms with van der Waals surface area (Å²) in [4.78, 5) is 15.6. The number of halogens is 1. The molecule has 0 amide bonds. The van der Waals surface area contributed by atoms with Crippen LogP contribution in [0.5, 0.6) is 0 Å². The van der Waals surface area contributed by atoms with Gasteiger partial charge in [0, 0.05) is 19.5 Å². The van der Waals surface area contributed by atoms with Gasteiger partial charge < -0.3 is 4.42 Å². The number of benzene rings is 3. The minimum absolute atomic E-state index is 0.0232. The smallest absolute Gasteiger partial charge is 0.203 e. The quantitative estimate of drug-likeness (QED) is 0.441. The summed E-state index contributed by atoms with van der Waals surface area (Å²) in [5.74, 6) is 0.0841. The maximum absolute atomic E-state index is 14.4. The Morgan fingerprint density at radius 3 is 2.30 bits per heavy atom. The van der Waals surface area contributed by atoms with E-state index in [1.807, 2.05) is 30.3 Å². The maximum Gasteiger partial charge on any atom is 0.203 e. The minimum atomic E-state index is -0.542. The van der Waals surface area contributed by atoms with Gasteiger partial charge in [-0.05, 0) is 41.8 Å². The molecule has 2 heterocycles. The summed E-state index contributed by atoms with van der Waals surface area (Å²) in [7, 11) is 0. The van der Waals surface area contributed by atoms with Gasteiger partial charge in [-0.2, -0.15) is 0 Å². The highest BCUT2D eigenvalue weighted by molar-refractivity contribution is 5.83. The van der Waals surface area contributed by atoms with Crippen molar-refractivity contribution < 1.29 is 8.81 Å². The van der Waals surface area contributed by atoms with Gasteiger partial charge in [0.2, 0.25) is 5.43 Å². The standard InChI is InChI=1S/C26H22FNO2/c27-21-12-6-13-23-25(21)26(29)24(18-8-2-1-3-9-18)22(30-23)14-7-15-28-16-19-10-4-5-11-20(19)17-28/h1-6,8-13H,7,14-17H2. The van der Waals surface area contributed by atoms with Crippen LogP contribution in [0.3, 0.4) is 0 Å². The molecule has 0 fully saturated rings. The van der Waals surface area contributed by atoms with Gasteiger partial charge in [0.15, 0.2) is 0 Å². The monoisotopic (exact) mass is 399 g/mol. The number of fused-ring (bicyclic) bond motifs is 2. The van der Waals surface area contributed by atoms with E-state index in [4.69, 9.17) is 4.42 Å². The predicted molar refractivity (Wildman–Crippen MR) is 117 cm³/mol. The molecule has 0 radical (unpaired) electrons. The molecule has 0 unspecified atom stereocenters. The van der Waals surface area contributed by atoms with Crippen molar-refractivity contribution in [3.8, 4) is 11.1 Å². The SMILES string of the molecule is O=c1c(-c2ccccc2)c(CCCN2Cc3ccccc3C2)oc2cccc(F)c12. The van der Waals surface area contributed by atoms with Crippen molar-refractivity contribution in [1.29, 1.82) is 0 Å². The average molecular weight is 399 g/mol. The van der Waals surface area contributed by atoms with Crippen molar-refractivity contribution in [1.82, 2.24) is 4.90 Å². The molecule has 0 N–H and O–H groups in total. The summed E-state index contributed by atoms with van der Waals surface area (Å²) in [5, 5.41) is 0.0232. The lowest BCUT2D eigenvalue weighted by Crippen LogP contribution is -2.19. The fourth-order valence-corrected chi connectivity index (χ4v) is 4.34. The Labute approximate surface area is 174 Å². The third-order valence-corrected chi connectivity index (χ3v) is 5.79. The second-order valence-electron chi connectivity index (χ2n) is 7.79. The Morgan fingerprint density at radius 1 is 0.867 bits per heavy atom. The molecule has 1 aliphatic rings. The molecular weight excluding hydrogens is 377 g/mol. The van der Waals surface area contributed by atoms with E-state index in [1.165, 1.54) is 17.2 Å². The highest BCUT2D eigenvalue weighted by atomic mass is 19.1. The molecule has 0 atom stereocenters. The molecule has 3 nitrogen and oxygen atoms in total. The Bertz CT molecular complexity index is 1240. The first-order valence-corrected chi connectivity index (χ1v) is 10.3. The Hall–Kier alpha value is -3.24. The lowest BCUT2D eigenvalue weighted by Gasteiger charge is -2.15. The molecule has 0 spiro atoms. The summed E-state index contributed by atoms with van der Waals surface area (Å²) in [6.07, 6.45) is 1.48. The van der Waals surface area contributed by atoms with Crippen LogP contribution < -0.4 is 5.43 Å². The molecule has 0 saturated heterocycles. The molecular formula is C26H22FNO2. The average Bonchev–Trinajstić information content (AvgIpc) is 3.17. The van der Waals surface area contributed by atoms with Crippen LogP contribution in [0, 0.1) is 5.82 Å². The van der Waals surface area contributed by atoms with Gasteiger partial charge in [0.05, 0.1) is 5.56 Å². The van der Waals surface area contributed by atoms with E-state index in [2.05, 4.69) is 29.2 Å². The number of hydrogen-bond acceptors (Lipinski definition) is 3. The van der Waals surface area contributed by atoms with E-state index in [0.717, 1.165) is 31.6 Å². The van der Waals surface area contributed by atoms with Gasteiger partial charge in [0.25, 0.3) is 0 Å². The van der Waals surface area contributed by atoms with Crippen LogP contribution in [0.15, 0.2) is 82.0 Å². The lowest BCUT2D eigenvalue weighted by molar-refractivity contribution is 0.278. The van der Waals surface area contributed by atoms with Crippen LogP contribution in [0.4, 0.5) is 4.39 Å². The third-order valence-electron chi connectivity index (χ3n) is 5.79. The summed E-state index contributed by atoms with van der Waals surface area (Å²) in [6.45, 7) is 2.82. The second-order valence-corrected chi connectivity index (χ2v) is 7.79. The maximum atomic E-state index is 14.4. The van der Waals surface area contributed by atoms with Crippen molar-refractivity contribution >= 4 is 11.0 Å². The molecule has 4 heteroatoms. The Kier molecular flexibility index (Phi) is 4.93. The highest BCUT2D eigenvalue weighted by Gasteiger charge is 2.20. The topological polar surface area (TPSA) is 33.5 Å². The zero-order valence-electron chi connectivity index (χ0n) is 16.6. The van der Waals surface area contributed by atoms with Crippen LogP contribution in [-0.4, -0.2) is 11.4 Å². The van der Waals surface area contributed by atoms with E-state index >= 15 is 0 Å². The van der Waals surface area contributed by atoms with Gasteiger partial charge in [-0.15, -0.1) is 0 Å². The van der Waals surface area contributed by atoms with Gasteiger partial charge in [-0.1, -0.05) is 60.7 Å². The Morgan fingerprint density at radius 2 is 1.57 bits per heavy atom. The second kappa shape index (κ2) is 7.88. The van der Waals surface area contributed by atoms with Crippen LogP contribution in [0.1, 0.15) is 23.3 Å². The molecule has 1 aliphatic heterocycles. The molecule has 0 bridgehead atoms. The number of rotatable bonds is 5. The van der Waals surface area contributed by atoms with E-state index in [0.29, 0.717) is 23.3 Å². The van der Waals surface area contributed by atoms with Crippen molar-refractivity contribution in [2.45, 2.75) is 25.9 Å². The first kappa shape index (κ1) is 18.8. The van der Waals surface area contributed by atoms with Crippen LogP contribution >= 0.6 is 0 Å². The van der Waals surface area contributed by atoms with Gasteiger partial charge in [-0.3, -0.25) is 9.69 Å². The van der Waals surface area contributed by atoms with E-state index < -0.39 is 5.82 Å². The van der Waals surface area contributed by atoms with Gasteiger partial charge in [-0.25, -0.2) is 4.39 Å². The van der Waals surface area contributed by atoms with Crippen LogP contribution in [-0.2, 0) is 19.5 Å². The first-order valence-electron chi connectivity index (χ1n) is 10.3. The van der Waals surface area contributed by atoms with Crippen LogP contribution in [0.2, 0.25) is 0 Å². The van der Waals surface area contributed by atoms with E-state index in [1.54, 1.807) is 12.1 Å². The predicted octanol–water partition coefficient (Wildman–Crippen LogP) is 5.55. The molecule has 0 aliphatic carbocycles. The van der Waals surface area contributed by atoms with Gasteiger partial charge >= 0.3 is 0 Å². The lowest BCUT2D eigenvalue weighted by atomic mass is 10.00. The highest BCUT2D eigenvalue weighted by Crippen LogP contribution is 2.27. The molecule has 5 rings (SSSR count). The molecule has 0 saturated carbocycles. The van der Waals surface area contributed by atoms with Crippen molar-refractivity contribution in [2.75, 3.05) is 6.54 Å². The number of aryl methyl sites for hydroxylation is 1. The zero-order chi connectivity index (χ0) is 20.5. The molecule has 3 aromatic carbocycles. The minimum Gasteiger partial charge on any atom is -0.460 e. The van der Waals surface area contributed by atoms with Crippen molar-refractivity contribution in [3.63, 3.8) is 0 Å². The zero-order valence-corrected chi connectivity index (χ0v) is 16.6. The van der Waals surface area contributed by atoms with Crippen molar-refractivity contribution in [3.05, 3.63) is 106 Å². The Balaban J connectivity index is 1.44. The summed E-state index contributed by atoms with van der Waals surface area (Å²) in [5.41, 5.74) is 4.01. The van der Waals surface area contributed by atoms with Crippen molar-refractivity contribution in [2.24, 2.45) is 0 Å². The van der Waals surface area contributed by atoms with E-state index in [-0.39, 0.29) is 10.8 Å². The molecule has 150 valence electrons. The largest absolute Gasteiger partial charge is 0.460 e. The summed E-state index contributed by atoms with van der Waals surface area (Å²) >= 11 is 0. The number of nitrogens with zero attached hydrogens (tertiary/aromatic N) is 1. The normalized spacial score (nSPS) is 13.6. The molecule has 1 aromatic heterocycles. The van der Waals surface area contributed by atoms with Gasteiger partial charge in [0.1, 0.15) is 22.5 Å². The molecule has 30 heavy (non-hydrogen) atoms. The molecule has 4 aromatic rings. The number of hydrogen-bond donors (Lipinski definition) is 0. The fourth-order valence-electron chi connectivity index (χ4n) is 4.34. The first-order chi connectivity index (χ1) is 14.7.